The van der Waals surface area contributed by atoms with E-state index in [1.165, 1.54) is 5.70 Å². The van der Waals surface area contributed by atoms with Gasteiger partial charge in [-0.3, -0.25) is 4.99 Å². The molecular weight excluding hydrogens is 148 g/mol. The second kappa shape index (κ2) is 4.54. The Morgan fingerprint density at radius 1 is 1.33 bits per heavy atom. The van der Waals surface area contributed by atoms with Crippen LogP contribution in [0.2, 0.25) is 0 Å². The Labute approximate surface area is 73.6 Å². The van der Waals surface area contributed by atoms with Gasteiger partial charge in [-0.2, -0.15) is 0 Å². The lowest BCUT2D eigenvalue weighted by molar-refractivity contribution is 0.641. The summed E-state index contributed by atoms with van der Waals surface area (Å²) < 4.78 is 0. The average Bonchev–Trinajstić information content (AvgIpc) is 2.21. The predicted molar refractivity (Wildman–Crippen MR) is 52.7 cm³/mol. The van der Waals surface area contributed by atoms with E-state index < -0.39 is 0 Å². The fourth-order valence-corrected chi connectivity index (χ4v) is 1.04. The minimum atomic E-state index is 1.02. The first-order chi connectivity index (χ1) is 5.97. The van der Waals surface area contributed by atoms with Gasteiger partial charge in [0.2, 0.25) is 0 Å². The number of hydrogen-bond acceptors (Lipinski definition) is 2. The lowest BCUT2D eigenvalue weighted by Gasteiger charge is -2.20. The van der Waals surface area contributed by atoms with Crippen LogP contribution < -0.4 is 0 Å². The molecule has 2 heterocycles. The molecule has 2 rings (SSSR count). The Bertz CT molecular complexity index is 247. The molecule has 0 bridgehead atoms. The minimum Gasteiger partial charge on any atom is -0.321 e. The molecule has 2 aliphatic heterocycles. The smallest absolute Gasteiger partial charge is 0.0596 e. The first-order valence-electron chi connectivity index (χ1n) is 4.32. The molecule has 0 N–H and O–H groups in total. The van der Waals surface area contributed by atoms with E-state index in [1.54, 1.807) is 6.20 Å². The van der Waals surface area contributed by atoms with Gasteiger partial charge in [0.1, 0.15) is 0 Å². The van der Waals surface area contributed by atoms with Crippen molar-refractivity contribution >= 4 is 6.21 Å². The van der Waals surface area contributed by atoms with Crippen LogP contribution >= 0.6 is 0 Å². The Morgan fingerprint density at radius 2 is 2.17 bits per heavy atom. The molecule has 64 valence electrons. The molecule has 0 aromatic rings. The first kappa shape index (κ1) is 8.78. The summed E-state index contributed by atoms with van der Waals surface area (Å²) in [7, 11) is 0. The van der Waals surface area contributed by atoms with E-state index in [-0.39, 0.29) is 0 Å². The monoisotopic (exact) mass is 162 g/mol. The fraction of sp³-hybridized carbons (Fsp3) is 0.300. The van der Waals surface area contributed by atoms with Crippen molar-refractivity contribution in [1.29, 1.82) is 0 Å². The highest BCUT2D eigenvalue weighted by Gasteiger charge is 2.05. The molecule has 0 radical (unpaired) electrons. The fourth-order valence-electron chi connectivity index (χ4n) is 1.04. The quantitative estimate of drug-likeness (QED) is 0.534. The van der Waals surface area contributed by atoms with Crippen molar-refractivity contribution in [3.8, 4) is 0 Å². The SMILES string of the molecule is C1=CN2C=CN=CC2=CC1.CC. The lowest BCUT2D eigenvalue weighted by Crippen LogP contribution is -2.14. The van der Waals surface area contributed by atoms with Crippen LogP contribution in [0.1, 0.15) is 20.3 Å². The first-order valence-corrected chi connectivity index (χ1v) is 4.32. The van der Waals surface area contributed by atoms with Gasteiger partial charge in [-0.05, 0) is 6.42 Å². The van der Waals surface area contributed by atoms with Gasteiger partial charge in [-0.25, -0.2) is 0 Å². The van der Waals surface area contributed by atoms with Gasteiger partial charge in [0.25, 0.3) is 0 Å². The van der Waals surface area contributed by atoms with Gasteiger partial charge >= 0.3 is 0 Å². The largest absolute Gasteiger partial charge is 0.321 e. The summed E-state index contributed by atoms with van der Waals surface area (Å²) in [5.41, 5.74) is 1.17. The molecule has 0 saturated heterocycles. The van der Waals surface area contributed by atoms with E-state index in [0.29, 0.717) is 0 Å². The van der Waals surface area contributed by atoms with E-state index in [0.717, 1.165) is 6.42 Å². The molecule has 0 fully saturated rings. The molecule has 0 amide bonds. The van der Waals surface area contributed by atoms with E-state index >= 15 is 0 Å². The molecule has 0 saturated carbocycles. The summed E-state index contributed by atoms with van der Waals surface area (Å²) in [4.78, 5) is 6.06. The van der Waals surface area contributed by atoms with Crippen LogP contribution in [0.4, 0.5) is 0 Å². The summed E-state index contributed by atoms with van der Waals surface area (Å²) in [6.45, 7) is 4.00. The van der Waals surface area contributed by atoms with Crippen LogP contribution in [0.3, 0.4) is 0 Å². The van der Waals surface area contributed by atoms with Crippen molar-refractivity contribution < 1.29 is 0 Å². The highest BCUT2D eigenvalue weighted by atomic mass is 15.1. The summed E-state index contributed by atoms with van der Waals surface area (Å²) in [5.74, 6) is 0. The molecule has 0 aromatic carbocycles. The highest BCUT2D eigenvalue weighted by molar-refractivity contribution is 5.80. The number of aliphatic imine (C=N–C) groups is 1. The zero-order valence-electron chi connectivity index (χ0n) is 7.57. The van der Waals surface area contributed by atoms with Crippen molar-refractivity contribution in [3.63, 3.8) is 0 Å². The normalized spacial score (nSPS) is 17.8. The summed E-state index contributed by atoms with van der Waals surface area (Å²) in [6.07, 6.45) is 12.9. The summed E-state index contributed by atoms with van der Waals surface area (Å²) in [5, 5.41) is 0. The molecular formula is C10H14N2. The van der Waals surface area contributed by atoms with Gasteiger partial charge < -0.3 is 4.90 Å². The molecule has 0 unspecified atom stereocenters. The molecule has 2 heteroatoms. The maximum atomic E-state index is 4.01. The maximum absolute atomic E-state index is 4.01. The molecule has 0 spiro atoms. The van der Waals surface area contributed by atoms with Gasteiger partial charge in [-0.15, -0.1) is 0 Å². The molecule has 0 atom stereocenters. The Hall–Kier alpha value is -1.31. The van der Waals surface area contributed by atoms with Gasteiger partial charge in [0.15, 0.2) is 0 Å². The van der Waals surface area contributed by atoms with Crippen molar-refractivity contribution in [2.24, 2.45) is 4.99 Å². The third kappa shape index (κ3) is 1.84. The number of fused-ring (bicyclic) bond motifs is 1. The average molecular weight is 162 g/mol. The third-order valence-corrected chi connectivity index (χ3v) is 1.55. The second-order valence-electron chi connectivity index (χ2n) is 2.23. The molecule has 0 aliphatic carbocycles. The van der Waals surface area contributed by atoms with Crippen molar-refractivity contribution in [2.45, 2.75) is 20.3 Å². The third-order valence-electron chi connectivity index (χ3n) is 1.55. The Kier molecular flexibility index (Phi) is 3.33. The van der Waals surface area contributed by atoms with E-state index in [2.05, 4.69) is 28.2 Å². The zero-order valence-corrected chi connectivity index (χ0v) is 7.57. The van der Waals surface area contributed by atoms with Gasteiger partial charge in [0, 0.05) is 18.6 Å². The van der Waals surface area contributed by atoms with Crippen LogP contribution in [0, 0.1) is 0 Å². The van der Waals surface area contributed by atoms with Crippen LogP contribution in [0.25, 0.3) is 0 Å². The van der Waals surface area contributed by atoms with E-state index in [4.69, 9.17) is 0 Å². The van der Waals surface area contributed by atoms with Crippen LogP contribution in [0.15, 0.2) is 41.4 Å². The second-order valence-corrected chi connectivity index (χ2v) is 2.23. The Balaban J connectivity index is 0.000000336. The number of rotatable bonds is 0. The molecule has 12 heavy (non-hydrogen) atoms. The standard InChI is InChI=1S/C8H8N2.C2H6/c1-2-5-10-6-4-9-7-8(10)3-1;1-2/h2-7H,1H2;1-2H3. The predicted octanol–water partition coefficient (Wildman–Crippen LogP) is 2.67. The van der Waals surface area contributed by atoms with E-state index in [9.17, 15) is 0 Å². The number of nitrogens with zero attached hydrogens (tertiary/aromatic N) is 2. The molecule has 2 aliphatic rings. The van der Waals surface area contributed by atoms with Crippen molar-refractivity contribution in [2.75, 3.05) is 0 Å². The lowest BCUT2D eigenvalue weighted by atomic mass is 10.2. The van der Waals surface area contributed by atoms with Gasteiger partial charge in [0.05, 0.1) is 11.9 Å². The summed E-state index contributed by atoms with van der Waals surface area (Å²) >= 11 is 0. The van der Waals surface area contributed by atoms with Gasteiger partial charge in [-0.1, -0.05) is 26.0 Å². The zero-order chi connectivity index (χ0) is 8.81. The van der Waals surface area contributed by atoms with Crippen molar-refractivity contribution in [3.05, 3.63) is 36.4 Å². The highest BCUT2D eigenvalue weighted by Crippen LogP contribution is 2.13. The topological polar surface area (TPSA) is 15.6 Å². The van der Waals surface area contributed by atoms with Crippen LogP contribution in [0.5, 0.6) is 0 Å². The molecule has 2 nitrogen and oxygen atoms in total. The van der Waals surface area contributed by atoms with Crippen LogP contribution in [-0.2, 0) is 0 Å². The van der Waals surface area contributed by atoms with Crippen LogP contribution in [-0.4, -0.2) is 11.1 Å². The minimum absolute atomic E-state index is 1.02. The summed E-state index contributed by atoms with van der Waals surface area (Å²) in [6, 6.07) is 0. The number of hydrogen-bond donors (Lipinski definition) is 0. The maximum Gasteiger partial charge on any atom is 0.0596 e. The number of allylic oxidation sites excluding steroid dienone is 3. The Morgan fingerprint density at radius 3 is 2.92 bits per heavy atom. The van der Waals surface area contributed by atoms with Crippen molar-refractivity contribution in [1.82, 2.24) is 4.90 Å². The van der Waals surface area contributed by atoms with E-state index in [1.807, 2.05) is 26.3 Å². The molecule has 0 aromatic heterocycles.